The molecule has 0 fully saturated rings. The third-order valence-electron chi connectivity index (χ3n) is 9.20. The zero-order valence-corrected chi connectivity index (χ0v) is 24.2. The van der Waals surface area contributed by atoms with Crippen molar-refractivity contribution < 1.29 is 4.42 Å². The molecule has 4 aromatic heterocycles. The lowest BCUT2D eigenvalue weighted by Crippen LogP contribution is -1.94. The van der Waals surface area contributed by atoms with Crippen molar-refractivity contribution in [1.82, 2.24) is 14.1 Å². The van der Waals surface area contributed by atoms with Crippen LogP contribution in [0.25, 0.3) is 88.1 Å². The lowest BCUT2D eigenvalue weighted by atomic mass is 9.99. The smallest absolute Gasteiger partial charge is 0.138 e. The van der Waals surface area contributed by atoms with Gasteiger partial charge in [0.1, 0.15) is 11.2 Å². The number of rotatable bonds is 3. The van der Waals surface area contributed by atoms with E-state index in [0.717, 1.165) is 38.9 Å². The predicted octanol–water partition coefficient (Wildman–Crippen LogP) is 10.8. The minimum atomic E-state index is 0.857. The number of para-hydroxylation sites is 3. The van der Waals surface area contributed by atoms with Crippen LogP contribution in [0.2, 0.25) is 0 Å². The molecule has 0 N–H and O–H groups in total. The van der Waals surface area contributed by atoms with Gasteiger partial charge in [0.2, 0.25) is 0 Å². The van der Waals surface area contributed by atoms with E-state index >= 15 is 0 Å². The van der Waals surface area contributed by atoms with E-state index in [1.54, 1.807) is 6.20 Å². The minimum Gasteiger partial charge on any atom is -0.456 e. The molecule has 45 heavy (non-hydrogen) atoms. The fourth-order valence-electron chi connectivity index (χ4n) is 7.26. The lowest BCUT2D eigenvalue weighted by Gasteiger charge is -2.09. The topological polar surface area (TPSA) is 35.9 Å². The Morgan fingerprint density at radius 3 is 1.71 bits per heavy atom. The second-order valence-electron chi connectivity index (χ2n) is 11.6. The fraction of sp³-hybridized carbons (Fsp3) is 0. The first kappa shape index (κ1) is 24.3. The molecule has 0 saturated heterocycles. The molecule has 10 aromatic rings. The first-order chi connectivity index (χ1) is 22.3. The highest BCUT2D eigenvalue weighted by atomic mass is 16.3. The molecule has 0 amide bonds. The Bertz CT molecular complexity index is 2750. The van der Waals surface area contributed by atoms with E-state index in [2.05, 4.69) is 148 Å². The molecule has 10 rings (SSSR count). The van der Waals surface area contributed by atoms with Gasteiger partial charge in [-0.2, -0.15) is 0 Å². The molecule has 0 bridgehead atoms. The van der Waals surface area contributed by atoms with Crippen LogP contribution < -0.4 is 0 Å². The summed E-state index contributed by atoms with van der Waals surface area (Å²) >= 11 is 0. The summed E-state index contributed by atoms with van der Waals surface area (Å²) in [6.45, 7) is 0. The van der Waals surface area contributed by atoms with Crippen LogP contribution in [0.1, 0.15) is 0 Å². The molecule has 210 valence electrons. The van der Waals surface area contributed by atoms with Crippen molar-refractivity contribution in [3.8, 4) is 22.5 Å². The Hall–Kier alpha value is -6.13. The molecule has 4 heteroatoms. The summed E-state index contributed by atoms with van der Waals surface area (Å²) in [4.78, 5) is 4.36. The van der Waals surface area contributed by atoms with E-state index in [0.29, 0.717) is 0 Å². The number of benzene rings is 6. The minimum absolute atomic E-state index is 0.857. The number of nitrogens with zero attached hydrogens (tertiary/aromatic N) is 3. The third kappa shape index (κ3) is 3.45. The fourth-order valence-corrected chi connectivity index (χ4v) is 7.26. The van der Waals surface area contributed by atoms with Gasteiger partial charge in [-0.1, -0.05) is 66.7 Å². The maximum atomic E-state index is 6.11. The van der Waals surface area contributed by atoms with Gasteiger partial charge < -0.3 is 13.6 Å². The van der Waals surface area contributed by atoms with Crippen LogP contribution in [0.15, 0.2) is 156 Å². The quantitative estimate of drug-likeness (QED) is 0.210. The summed E-state index contributed by atoms with van der Waals surface area (Å²) in [7, 11) is 0. The standard InChI is InChI=1S/C41H25N3O/c1-3-9-28(10-4-1)43-34-14-8-7-13-30(34)40-36(43)18-19-37-41(40)32-24-26(15-17-35(32)44(37)29-11-5-2-6-12-29)27-16-20-38-31(23-27)33-25-42-22-21-39(33)45-38/h1-25H. The van der Waals surface area contributed by atoms with Crippen LogP contribution in [0, 0.1) is 0 Å². The van der Waals surface area contributed by atoms with Gasteiger partial charge in [-0.05, 0) is 83.9 Å². The largest absolute Gasteiger partial charge is 0.456 e. The van der Waals surface area contributed by atoms with Crippen molar-refractivity contribution in [3.63, 3.8) is 0 Å². The van der Waals surface area contributed by atoms with Gasteiger partial charge in [-0.15, -0.1) is 0 Å². The Morgan fingerprint density at radius 2 is 0.978 bits per heavy atom. The molecule has 0 saturated carbocycles. The lowest BCUT2D eigenvalue weighted by molar-refractivity contribution is 0.668. The first-order valence-electron chi connectivity index (χ1n) is 15.2. The zero-order valence-electron chi connectivity index (χ0n) is 24.2. The summed E-state index contributed by atoms with van der Waals surface area (Å²) in [5, 5.41) is 7.12. The molecule has 0 aliphatic heterocycles. The van der Waals surface area contributed by atoms with Crippen LogP contribution >= 0.6 is 0 Å². The van der Waals surface area contributed by atoms with E-state index in [1.165, 1.54) is 49.2 Å². The van der Waals surface area contributed by atoms with Crippen molar-refractivity contribution in [3.05, 3.63) is 152 Å². The summed E-state index contributed by atoms with van der Waals surface area (Å²) in [6.07, 6.45) is 3.67. The van der Waals surface area contributed by atoms with Crippen molar-refractivity contribution in [1.29, 1.82) is 0 Å². The molecule has 6 aromatic carbocycles. The van der Waals surface area contributed by atoms with Crippen molar-refractivity contribution in [2.45, 2.75) is 0 Å². The average Bonchev–Trinajstić information content (AvgIpc) is 3.76. The highest BCUT2D eigenvalue weighted by Gasteiger charge is 2.21. The number of hydrogen-bond acceptors (Lipinski definition) is 2. The number of aromatic nitrogens is 3. The van der Waals surface area contributed by atoms with Gasteiger partial charge in [0, 0.05) is 56.1 Å². The maximum absolute atomic E-state index is 6.11. The van der Waals surface area contributed by atoms with E-state index in [4.69, 9.17) is 4.42 Å². The van der Waals surface area contributed by atoms with Gasteiger partial charge in [0.25, 0.3) is 0 Å². The number of hydrogen-bond donors (Lipinski definition) is 0. The van der Waals surface area contributed by atoms with Crippen LogP contribution in [0.5, 0.6) is 0 Å². The van der Waals surface area contributed by atoms with Gasteiger partial charge in [-0.3, -0.25) is 4.98 Å². The van der Waals surface area contributed by atoms with Crippen LogP contribution in [0.4, 0.5) is 0 Å². The summed E-state index contributed by atoms with van der Waals surface area (Å²) in [6, 6.07) is 50.0. The van der Waals surface area contributed by atoms with Gasteiger partial charge in [0.15, 0.2) is 0 Å². The second-order valence-corrected chi connectivity index (χ2v) is 11.6. The van der Waals surface area contributed by atoms with Crippen LogP contribution in [0.3, 0.4) is 0 Å². The Morgan fingerprint density at radius 1 is 0.422 bits per heavy atom. The highest BCUT2D eigenvalue weighted by Crippen LogP contribution is 2.43. The molecular weight excluding hydrogens is 550 g/mol. The molecule has 0 unspecified atom stereocenters. The molecule has 4 nitrogen and oxygen atoms in total. The van der Waals surface area contributed by atoms with Gasteiger partial charge >= 0.3 is 0 Å². The maximum Gasteiger partial charge on any atom is 0.138 e. The molecule has 0 spiro atoms. The van der Waals surface area contributed by atoms with Gasteiger partial charge in [0.05, 0.1) is 22.1 Å². The first-order valence-corrected chi connectivity index (χ1v) is 15.2. The SMILES string of the molecule is c1ccc(-n2c3ccccc3c3c4c5cc(-c6ccc7oc8ccncc8c7c6)ccc5n(-c5ccccc5)c4ccc32)cc1. The van der Waals surface area contributed by atoms with E-state index in [9.17, 15) is 0 Å². The molecule has 4 heterocycles. The monoisotopic (exact) mass is 575 g/mol. The summed E-state index contributed by atoms with van der Waals surface area (Å²) in [5.41, 5.74) is 11.1. The van der Waals surface area contributed by atoms with E-state index in [-0.39, 0.29) is 0 Å². The Kier molecular flexibility index (Phi) is 4.96. The molecule has 0 aliphatic rings. The van der Waals surface area contributed by atoms with Crippen LogP contribution in [-0.4, -0.2) is 14.1 Å². The summed E-state index contributed by atoms with van der Waals surface area (Å²) in [5.74, 6) is 0. The molecule has 0 atom stereocenters. The molecule has 0 radical (unpaired) electrons. The highest BCUT2D eigenvalue weighted by molar-refractivity contribution is 6.29. The normalized spacial score (nSPS) is 12.0. The van der Waals surface area contributed by atoms with E-state index in [1.807, 2.05) is 12.3 Å². The zero-order chi connectivity index (χ0) is 29.5. The number of pyridine rings is 1. The predicted molar refractivity (Wildman–Crippen MR) is 186 cm³/mol. The summed E-state index contributed by atoms with van der Waals surface area (Å²) < 4.78 is 10.9. The average molecular weight is 576 g/mol. The third-order valence-corrected chi connectivity index (χ3v) is 9.20. The second kappa shape index (κ2) is 9.18. The molecular formula is C41H25N3O. The van der Waals surface area contributed by atoms with E-state index < -0.39 is 0 Å². The van der Waals surface area contributed by atoms with Crippen LogP contribution in [-0.2, 0) is 0 Å². The number of fused-ring (bicyclic) bond motifs is 10. The number of furan rings is 1. The molecule has 0 aliphatic carbocycles. The van der Waals surface area contributed by atoms with Crippen molar-refractivity contribution >= 4 is 65.6 Å². The van der Waals surface area contributed by atoms with Gasteiger partial charge in [-0.25, -0.2) is 0 Å². The van der Waals surface area contributed by atoms with Crippen molar-refractivity contribution in [2.24, 2.45) is 0 Å². The van der Waals surface area contributed by atoms with Crippen molar-refractivity contribution in [2.75, 3.05) is 0 Å². The Balaban J connectivity index is 1.34. The Labute approximate surface area is 258 Å².